The van der Waals surface area contributed by atoms with Gasteiger partial charge in [-0.3, -0.25) is 0 Å². The first kappa shape index (κ1) is 23.2. The van der Waals surface area contributed by atoms with Gasteiger partial charge in [0, 0.05) is 0 Å². The molecule has 0 N–H and O–H groups in total. The molecule has 0 spiro atoms. The topological polar surface area (TPSA) is 72.4 Å². The Morgan fingerprint density at radius 3 is 1.79 bits per heavy atom. The summed E-state index contributed by atoms with van der Waals surface area (Å²) in [4.78, 5) is 20.1. The van der Waals surface area contributed by atoms with E-state index in [4.69, 9.17) is 0 Å². The van der Waals surface area contributed by atoms with Crippen molar-refractivity contribution in [3.8, 4) is 5.75 Å². The molecule has 0 aliphatic heterocycles. The first-order valence-electron chi connectivity index (χ1n) is 2.85. The van der Waals surface area contributed by atoms with Crippen LogP contribution in [0.2, 0.25) is 0 Å². The van der Waals surface area contributed by atoms with Gasteiger partial charge in [-0.15, -0.1) is 0 Å². The maximum atomic E-state index is 10.1. The minimum atomic E-state index is -4.89. The first-order valence-corrected chi connectivity index (χ1v) is 4.31. The molecule has 0 aliphatic carbocycles. The van der Waals surface area contributed by atoms with Crippen LogP contribution in [0.15, 0.2) is 30.3 Å². The molecule has 1 aromatic carbocycles. The van der Waals surface area contributed by atoms with Crippen LogP contribution in [-0.4, -0.2) is 0 Å². The van der Waals surface area contributed by atoms with Crippen LogP contribution >= 0.6 is 7.82 Å². The molecule has 0 saturated carbocycles. The molecule has 14 heavy (non-hydrogen) atoms. The quantitative estimate of drug-likeness (QED) is 0.400. The molecule has 0 fully saturated rings. The van der Waals surface area contributed by atoms with Gasteiger partial charge in [-0.05, 0) is 12.1 Å². The van der Waals surface area contributed by atoms with Gasteiger partial charge in [0.2, 0.25) is 0 Å². The van der Waals surface area contributed by atoms with E-state index >= 15 is 0 Å². The normalized spacial score (nSPS) is 8.71. The maximum Gasteiger partial charge on any atom is 1.00 e. The van der Waals surface area contributed by atoms with Gasteiger partial charge < -0.3 is 18.9 Å². The van der Waals surface area contributed by atoms with Gasteiger partial charge >= 0.3 is 154 Å². The molecular weight excluding hydrogens is 284 g/mol. The standard InChI is InChI=1S/C6H7O4P.3K/c7-11(8,9)10-6-4-2-1-3-5-6;;;/h1-5H,(H2,7,8,9);;;/q;3*+1/p-2. The summed E-state index contributed by atoms with van der Waals surface area (Å²) in [6.07, 6.45) is 0. The van der Waals surface area contributed by atoms with Crippen molar-refractivity contribution in [3.63, 3.8) is 0 Å². The third-order valence-corrected chi connectivity index (χ3v) is 1.39. The Kier molecular flexibility index (Phi) is 20.1. The molecule has 0 atom stereocenters. The van der Waals surface area contributed by atoms with Crippen molar-refractivity contribution < 1.29 is 173 Å². The summed E-state index contributed by atoms with van der Waals surface area (Å²) in [6, 6.07) is 7.62. The smallest absolute Gasteiger partial charge is 0.780 e. The van der Waals surface area contributed by atoms with E-state index in [1.807, 2.05) is 0 Å². The summed E-state index contributed by atoms with van der Waals surface area (Å²) < 4.78 is 14.1. The van der Waals surface area contributed by atoms with Gasteiger partial charge in [-0.2, -0.15) is 0 Å². The summed E-state index contributed by atoms with van der Waals surface area (Å²) in [5.74, 6) is 0.0424. The predicted molar refractivity (Wildman–Crippen MR) is 34.7 cm³/mol. The molecule has 0 radical (unpaired) electrons. The minimum absolute atomic E-state index is 0. The Morgan fingerprint density at radius 2 is 1.43 bits per heavy atom. The van der Waals surface area contributed by atoms with Gasteiger partial charge in [-0.25, -0.2) is 0 Å². The Morgan fingerprint density at radius 1 is 1.00 bits per heavy atom. The fraction of sp³-hybridized carbons (Fsp3) is 0. The molecule has 4 nitrogen and oxygen atoms in total. The van der Waals surface area contributed by atoms with Gasteiger partial charge in [0.15, 0.2) is 0 Å². The molecular formula is C6H5K3O4P+. The van der Waals surface area contributed by atoms with Crippen LogP contribution in [0.3, 0.4) is 0 Å². The zero-order valence-corrected chi connectivity index (χ0v) is 18.7. The number of rotatable bonds is 2. The second-order valence-electron chi connectivity index (χ2n) is 1.85. The molecule has 0 aliphatic rings. The maximum absolute atomic E-state index is 10.1. The second-order valence-corrected chi connectivity index (χ2v) is 2.93. The largest absolute Gasteiger partial charge is 1.00 e. The van der Waals surface area contributed by atoms with E-state index in [2.05, 4.69) is 4.52 Å². The van der Waals surface area contributed by atoms with Crippen molar-refractivity contribution in [1.29, 1.82) is 0 Å². The Labute approximate surface area is 210 Å². The molecule has 0 bridgehead atoms. The SMILES string of the molecule is O=P([O-])([O-])Oc1ccccc1.[K+].[K+].[K+]. The number of phosphoric ester groups is 1. The van der Waals surface area contributed by atoms with Crippen molar-refractivity contribution in [3.05, 3.63) is 30.3 Å². The summed E-state index contributed by atoms with van der Waals surface area (Å²) in [5.41, 5.74) is 0. The van der Waals surface area contributed by atoms with Gasteiger partial charge in [0.05, 0.1) is 0 Å². The van der Waals surface area contributed by atoms with Crippen molar-refractivity contribution in [2.45, 2.75) is 0 Å². The Bertz CT molecular complexity index is 276. The van der Waals surface area contributed by atoms with Crippen molar-refractivity contribution in [2.75, 3.05) is 0 Å². The Hall–Kier alpha value is 4.08. The Balaban J connectivity index is -0.000000403. The van der Waals surface area contributed by atoms with Gasteiger partial charge in [0.1, 0.15) is 13.6 Å². The molecule has 8 heteroatoms. The third-order valence-electron chi connectivity index (χ3n) is 0.960. The fourth-order valence-corrected chi connectivity index (χ4v) is 0.990. The minimum Gasteiger partial charge on any atom is -0.780 e. The van der Waals surface area contributed by atoms with Gasteiger partial charge in [0.25, 0.3) is 0 Å². The average Bonchev–Trinajstić information content (AvgIpc) is 1.85. The number of hydrogen-bond acceptors (Lipinski definition) is 4. The zero-order valence-electron chi connectivity index (χ0n) is 8.47. The predicted octanol–water partition coefficient (Wildman–Crippen LogP) is -9.09. The van der Waals surface area contributed by atoms with Crippen LogP contribution in [0.1, 0.15) is 0 Å². The van der Waals surface area contributed by atoms with E-state index in [9.17, 15) is 14.4 Å². The molecule has 0 heterocycles. The van der Waals surface area contributed by atoms with Crippen LogP contribution in [0.5, 0.6) is 5.75 Å². The summed E-state index contributed by atoms with van der Waals surface area (Å²) in [7, 11) is -4.89. The fourth-order valence-electron chi connectivity index (χ4n) is 0.610. The van der Waals surface area contributed by atoms with E-state index in [0.29, 0.717) is 0 Å². The van der Waals surface area contributed by atoms with Crippen molar-refractivity contribution in [2.24, 2.45) is 0 Å². The molecule has 1 aromatic rings. The molecule has 0 aromatic heterocycles. The van der Waals surface area contributed by atoms with E-state index in [1.54, 1.807) is 18.2 Å². The number of para-hydroxylation sites is 1. The summed E-state index contributed by atoms with van der Waals surface area (Å²) in [5, 5.41) is 0. The van der Waals surface area contributed by atoms with E-state index < -0.39 is 7.82 Å². The van der Waals surface area contributed by atoms with Crippen molar-refractivity contribution in [1.82, 2.24) is 0 Å². The molecule has 0 unspecified atom stereocenters. The zero-order chi connectivity index (χ0) is 8.32. The van der Waals surface area contributed by atoms with Crippen LogP contribution < -0.4 is 168 Å². The number of benzene rings is 1. The number of hydrogen-bond donors (Lipinski definition) is 0. The first-order chi connectivity index (χ1) is 5.08. The van der Waals surface area contributed by atoms with Crippen LogP contribution in [0.25, 0.3) is 0 Å². The molecule has 0 saturated heterocycles. The van der Waals surface area contributed by atoms with E-state index in [1.165, 1.54) is 12.1 Å². The molecule has 0 amide bonds. The van der Waals surface area contributed by atoms with Gasteiger partial charge in [-0.1, -0.05) is 18.2 Å². The van der Waals surface area contributed by atoms with Crippen LogP contribution in [-0.2, 0) is 4.57 Å². The third kappa shape index (κ3) is 12.5. The monoisotopic (exact) mass is 289 g/mol. The molecule has 60 valence electrons. The van der Waals surface area contributed by atoms with Crippen LogP contribution in [0.4, 0.5) is 0 Å². The number of phosphoric acid groups is 1. The van der Waals surface area contributed by atoms with E-state index in [-0.39, 0.29) is 160 Å². The van der Waals surface area contributed by atoms with Crippen molar-refractivity contribution >= 4 is 7.82 Å². The summed E-state index contributed by atoms with van der Waals surface area (Å²) >= 11 is 0. The molecule has 1 rings (SSSR count). The van der Waals surface area contributed by atoms with E-state index in [0.717, 1.165) is 0 Å². The average molecular weight is 289 g/mol. The second kappa shape index (κ2) is 12.1. The van der Waals surface area contributed by atoms with Crippen LogP contribution in [0, 0.1) is 0 Å². The summed E-state index contributed by atoms with van der Waals surface area (Å²) in [6.45, 7) is 0.